The summed E-state index contributed by atoms with van der Waals surface area (Å²) in [6, 6.07) is 70.8. The smallest absolute Gasteiger partial charge is 0.0562 e. The molecule has 0 fully saturated rings. The van der Waals surface area contributed by atoms with E-state index in [-0.39, 0.29) is 5.41 Å². The minimum Gasteiger partial charge on any atom is -0.309 e. The van der Waals surface area contributed by atoms with E-state index in [1.807, 2.05) is 0 Å². The molecule has 0 radical (unpaired) electrons. The van der Waals surface area contributed by atoms with Gasteiger partial charge in [0.25, 0.3) is 0 Å². The van der Waals surface area contributed by atoms with Gasteiger partial charge in [0.1, 0.15) is 0 Å². The van der Waals surface area contributed by atoms with Crippen LogP contribution in [0.3, 0.4) is 0 Å². The summed E-state index contributed by atoms with van der Waals surface area (Å²) in [6.45, 7) is 4.72. The summed E-state index contributed by atoms with van der Waals surface area (Å²) in [5, 5.41) is 2.44. The van der Waals surface area contributed by atoms with Gasteiger partial charge in [0.05, 0.1) is 28.1 Å². The number of anilines is 3. The van der Waals surface area contributed by atoms with Crippen molar-refractivity contribution in [2.75, 3.05) is 4.90 Å². The molecule has 0 aliphatic heterocycles. The Kier molecular flexibility index (Phi) is 7.19. The fourth-order valence-corrected chi connectivity index (χ4v) is 8.84. The van der Waals surface area contributed by atoms with Gasteiger partial charge < -0.3 is 9.47 Å². The van der Waals surface area contributed by atoms with Crippen LogP contribution in [-0.2, 0) is 5.41 Å². The lowest BCUT2D eigenvalue weighted by atomic mass is 9.82. The van der Waals surface area contributed by atoms with E-state index >= 15 is 0 Å². The first-order valence-corrected chi connectivity index (χ1v) is 18.5. The number of nitrogens with zero attached hydrogens (tertiary/aromatic N) is 2. The topological polar surface area (TPSA) is 8.17 Å². The molecule has 0 unspecified atom stereocenters. The quantitative estimate of drug-likeness (QED) is 0.170. The van der Waals surface area contributed by atoms with Gasteiger partial charge in [-0.3, -0.25) is 0 Å². The lowest BCUT2D eigenvalue weighted by molar-refractivity contribution is 0.660. The van der Waals surface area contributed by atoms with Crippen molar-refractivity contribution in [3.63, 3.8) is 0 Å². The van der Waals surface area contributed by atoms with Crippen LogP contribution in [-0.4, -0.2) is 4.57 Å². The Balaban J connectivity index is 1.31. The Hall–Kier alpha value is -6.64. The first-order chi connectivity index (χ1) is 26.1. The highest BCUT2D eigenvalue weighted by Gasteiger charge is 2.37. The molecule has 252 valence electrons. The fraction of sp³-hybridized carbons (Fsp3) is 0.0588. The SMILES string of the molecule is CC1(C)c2ccccc2-c2c(-c3ccccc3N(c3ccccc3-c3ccccc3)c3cccc4c3c3ccccc3n4-c3ccccc3)cccc21. The van der Waals surface area contributed by atoms with E-state index in [0.29, 0.717) is 0 Å². The van der Waals surface area contributed by atoms with Crippen molar-refractivity contribution in [3.8, 4) is 39.1 Å². The minimum atomic E-state index is -0.0959. The van der Waals surface area contributed by atoms with E-state index in [2.05, 4.69) is 217 Å². The molecule has 2 heteroatoms. The average Bonchev–Trinajstić information content (AvgIpc) is 3.68. The van der Waals surface area contributed by atoms with Gasteiger partial charge in [-0.05, 0) is 75.8 Å². The van der Waals surface area contributed by atoms with E-state index in [9.17, 15) is 0 Å². The maximum atomic E-state index is 2.52. The zero-order valence-corrected chi connectivity index (χ0v) is 29.9. The minimum absolute atomic E-state index is 0.0959. The van der Waals surface area contributed by atoms with E-state index in [1.54, 1.807) is 0 Å². The molecule has 0 atom stereocenters. The van der Waals surface area contributed by atoms with Crippen LogP contribution in [0.5, 0.6) is 0 Å². The van der Waals surface area contributed by atoms with Crippen LogP contribution in [0, 0.1) is 0 Å². The van der Waals surface area contributed by atoms with Crippen LogP contribution >= 0.6 is 0 Å². The van der Waals surface area contributed by atoms with Crippen molar-refractivity contribution >= 4 is 38.9 Å². The molecule has 0 amide bonds. The van der Waals surface area contributed by atoms with Gasteiger partial charge in [-0.25, -0.2) is 0 Å². The summed E-state index contributed by atoms with van der Waals surface area (Å²) < 4.78 is 2.41. The number of hydrogen-bond donors (Lipinski definition) is 0. The van der Waals surface area contributed by atoms with Gasteiger partial charge in [0.2, 0.25) is 0 Å². The molecule has 0 bridgehead atoms. The van der Waals surface area contributed by atoms with Gasteiger partial charge in [-0.15, -0.1) is 0 Å². The van der Waals surface area contributed by atoms with Gasteiger partial charge in [0, 0.05) is 33.0 Å². The molecule has 1 aliphatic carbocycles. The van der Waals surface area contributed by atoms with Crippen molar-refractivity contribution in [3.05, 3.63) is 205 Å². The molecular weight excluding hydrogens is 641 g/mol. The third kappa shape index (κ3) is 4.80. The van der Waals surface area contributed by atoms with Gasteiger partial charge >= 0.3 is 0 Å². The van der Waals surface area contributed by atoms with Gasteiger partial charge in [-0.2, -0.15) is 0 Å². The maximum absolute atomic E-state index is 2.52. The molecule has 8 aromatic carbocycles. The maximum Gasteiger partial charge on any atom is 0.0562 e. The Morgan fingerprint density at radius 1 is 0.396 bits per heavy atom. The Labute approximate surface area is 310 Å². The predicted molar refractivity (Wildman–Crippen MR) is 224 cm³/mol. The van der Waals surface area contributed by atoms with E-state index in [1.165, 1.54) is 66.3 Å². The molecule has 1 heterocycles. The lowest BCUT2D eigenvalue weighted by Gasteiger charge is -2.31. The molecule has 0 N–H and O–H groups in total. The van der Waals surface area contributed by atoms with Crippen molar-refractivity contribution < 1.29 is 0 Å². The molecule has 9 aromatic rings. The third-order valence-corrected chi connectivity index (χ3v) is 11.2. The highest BCUT2D eigenvalue weighted by atomic mass is 15.2. The zero-order chi connectivity index (χ0) is 35.5. The molecule has 0 saturated carbocycles. The van der Waals surface area contributed by atoms with Crippen LogP contribution in [0.25, 0.3) is 60.9 Å². The average molecular weight is 679 g/mol. The second-order valence-corrected chi connectivity index (χ2v) is 14.5. The Morgan fingerprint density at radius 3 is 1.72 bits per heavy atom. The fourth-order valence-electron chi connectivity index (χ4n) is 8.84. The molecule has 1 aliphatic rings. The highest BCUT2D eigenvalue weighted by molar-refractivity contribution is 6.17. The molecular formula is C51H38N2. The monoisotopic (exact) mass is 678 g/mol. The second-order valence-electron chi connectivity index (χ2n) is 14.5. The normalized spacial score (nSPS) is 12.9. The predicted octanol–water partition coefficient (Wildman–Crippen LogP) is 13.9. The summed E-state index contributed by atoms with van der Waals surface area (Å²) in [6.07, 6.45) is 0. The second kappa shape index (κ2) is 12.3. The Morgan fingerprint density at radius 2 is 0.925 bits per heavy atom. The van der Waals surface area contributed by atoms with Crippen molar-refractivity contribution in [1.82, 2.24) is 4.57 Å². The zero-order valence-electron chi connectivity index (χ0n) is 29.9. The van der Waals surface area contributed by atoms with Crippen LogP contribution in [0.1, 0.15) is 25.0 Å². The number of benzene rings is 8. The first-order valence-electron chi connectivity index (χ1n) is 18.5. The summed E-state index contributed by atoms with van der Waals surface area (Å²) in [5.41, 5.74) is 17.0. The Bertz CT molecular complexity index is 2810. The van der Waals surface area contributed by atoms with Crippen molar-refractivity contribution in [2.24, 2.45) is 0 Å². The molecule has 0 saturated heterocycles. The van der Waals surface area contributed by atoms with Crippen molar-refractivity contribution in [2.45, 2.75) is 19.3 Å². The number of hydrogen-bond acceptors (Lipinski definition) is 1. The summed E-state index contributed by atoms with van der Waals surface area (Å²) in [4.78, 5) is 2.52. The van der Waals surface area contributed by atoms with Crippen LogP contribution in [0.15, 0.2) is 194 Å². The summed E-state index contributed by atoms with van der Waals surface area (Å²) in [7, 11) is 0. The van der Waals surface area contributed by atoms with E-state index in [0.717, 1.165) is 22.7 Å². The number of rotatable bonds is 6. The van der Waals surface area contributed by atoms with Crippen molar-refractivity contribution in [1.29, 1.82) is 0 Å². The third-order valence-electron chi connectivity index (χ3n) is 11.2. The number of fused-ring (bicyclic) bond motifs is 6. The molecule has 2 nitrogen and oxygen atoms in total. The first kappa shape index (κ1) is 31.1. The van der Waals surface area contributed by atoms with Gasteiger partial charge in [0.15, 0.2) is 0 Å². The van der Waals surface area contributed by atoms with Gasteiger partial charge in [-0.1, -0.05) is 166 Å². The molecule has 53 heavy (non-hydrogen) atoms. The van der Waals surface area contributed by atoms with E-state index < -0.39 is 0 Å². The molecule has 0 spiro atoms. The molecule has 10 rings (SSSR count). The summed E-state index contributed by atoms with van der Waals surface area (Å²) >= 11 is 0. The van der Waals surface area contributed by atoms with E-state index in [4.69, 9.17) is 0 Å². The highest BCUT2D eigenvalue weighted by Crippen LogP contribution is 2.55. The largest absolute Gasteiger partial charge is 0.309 e. The lowest BCUT2D eigenvalue weighted by Crippen LogP contribution is -2.15. The number of para-hydroxylation sites is 4. The number of aromatic nitrogens is 1. The van der Waals surface area contributed by atoms with Crippen LogP contribution in [0.4, 0.5) is 17.1 Å². The van der Waals surface area contributed by atoms with Crippen LogP contribution < -0.4 is 4.90 Å². The van der Waals surface area contributed by atoms with Crippen LogP contribution in [0.2, 0.25) is 0 Å². The standard InChI is InChI=1S/C51H38N2/c1-51(2)42-28-13-9-25-40(42)49-39(27-17-29-43(49)51)38-24-11-15-31-45(38)53(44-30-14-10-23-37(44)35-19-5-3-6-20-35)48-34-18-33-47-50(48)41-26-12-16-32-46(41)52(47)36-21-7-4-8-22-36/h3-34H,1-2H3. The molecule has 1 aromatic heterocycles. The summed E-state index contributed by atoms with van der Waals surface area (Å²) in [5.74, 6) is 0.